The molecule has 142 valence electrons. The molecule has 1 N–H and O–H groups in total. The summed E-state index contributed by atoms with van der Waals surface area (Å²) in [6.45, 7) is 0. The standard InChI is InChI=1S/C21H15N5O3/c27-21(23-16-7-4-10-18(12-16)26(28)29)19-14-25(17-8-2-1-3-9-17)24-20(19)15-6-5-11-22-13-15/h1-14H,(H,23,27). The predicted molar refractivity (Wildman–Crippen MR) is 108 cm³/mol. The summed E-state index contributed by atoms with van der Waals surface area (Å²) in [6.07, 6.45) is 4.90. The van der Waals surface area contributed by atoms with Crippen molar-refractivity contribution in [2.75, 3.05) is 5.32 Å². The molecule has 8 nitrogen and oxygen atoms in total. The molecule has 0 fully saturated rings. The Bertz CT molecular complexity index is 1170. The number of benzene rings is 2. The van der Waals surface area contributed by atoms with Crippen molar-refractivity contribution in [1.29, 1.82) is 0 Å². The molecule has 0 atom stereocenters. The molecule has 2 aromatic carbocycles. The summed E-state index contributed by atoms with van der Waals surface area (Å²) in [5, 5.41) is 18.3. The first-order chi connectivity index (χ1) is 14.1. The fourth-order valence-electron chi connectivity index (χ4n) is 2.86. The molecule has 4 rings (SSSR count). The zero-order chi connectivity index (χ0) is 20.2. The fraction of sp³-hybridized carbons (Fsp3) is 0. The predicted octanol–water partition coefficient (Wildman–Crippen LogP) is 4.09. The van der Waals surface area contributed by atoms with Gasteiger partial charge >= 0.3 is 0 Å². The summed E-state index contributed by atoms with van der Waals surface area (Å²) in [5.41, 5.74) is 2.50. The summed E-state index contributed by atoms with van der Waals surface area (Å²) in [7, 11) is 0. The SMILES string of the molecule is O=C(Nc1cccc([N+](=O)[O-])c1)c1cn(-c2ccccc2)nc1-c1cccnc1. The molecule has 8 heteroatoms. The maximum atomic E-state index is 13.0. The highest BCUT2D eigenvalue weighted by molar-refractivity contribution is 6.08. The van der Waals surface area contributed by atoms with Crippen molar-refractivity contribution in [2.45, 2.75) is 0 Å². The second-order valence-corrected chi connectivity index (χ2v) is 6.17. The maximum absolute atomic E-state index is 13.0. The third kappa shape index (κ3) is 3.86. The molecule has 29 heavy (non-hydrogen) atoms. The smallest absolute Gasteiger partial charge is 0.271 e. The van der Waals surface area contributed by atoms with Crippen LogP contribution in [0.5, 0.6) is 0 Å². The second kappa shape index (κ2) is 7.73. The molecule has 0 saturated heterocycles. The van der Waals surface area contributed by atoms with Crippen LogP contribution in [0.1, 0.15) is 10.4 Å². The Hall–Kier alpha value is -4.33. The Balaban J connectivity index is 1.73. The Labute approximate surface area is 165 Å². The number of nitrogens with zero attached hydrogens (tertiary/aromatic N) is 4. The largest absolute Gasteiger partial charge is 0.322 e. The van der Waals surface area contributed by atoms with Crippen molar-refractivity contribution in [3.63, 3.8) is 0 Å². The van der Waals surface area contributed by atoms with Gasteiger partial charge in [0, 0.05) is 42.0 Å². The van der Waals surface area contributed by atoms with Gasteiger partial charge in [0.2, 0.25) is 0 Å². The summed E-state index contributed by atoms with van der Waals surface area (Å²) in [5.74, 6) is -0.425. The lowest BCUT2D eigenvalue weighted by molar-refractivity contribution is -0.384. The van der Waals surface area contributed by atoms with Crippen LogP contribution in [-0.4, -0.2) is 25.6 Å². The van der Waals surface area contributed by atoms with Crippen LogP contribution >= 0.6 is 0 Å². The monoisotopic (exact) mass is 385 g/mol. The van der Waals surface area contributed by atoms with Gasteiger partial charge < -0.3 is 5.32 Å². The van der Waals surface area contributed by atoms with Crippen LogP contribution in [0.2, 0.25) is 0 Å². The topological polar surface area (TPSA) is 103 Å². The fourth-order valence-corrected chi connectivity index (χ4v) is 2.86. The molecule has 0 aliphatic carbocycles. The quantitative estimate of drug-likeness (QED) is 0.412. The van der Waals surface area contributed by atoms with Crippen LogP contribution in [0.3, 0.4) is 0 Å². The molecule has 0 aliphatic heterocycles. The molecular formula is C21H15N5O3. The van der Waals surface area contributed by atoms with E-state index in [-0.39, 0.29) is 5.69 Å². The molecule has 0 unspecified atom stereocenters. The first-order valence-corrected chi connectivity index (χ1v) is 8.73. The molecule has 0 saturated carbocycles. The number of non-ortho nitro benzene ring substituents is 1. The van der Waals surface area contributed by atoms with Gasteiger partial charge in [-0.05, 0) is 30.3 Å². The minimum Gasteiger partial charge on any atom is -0.322 e. The Kier molecular flexibility index (Phi) is 4.81. The lowest BCUT2D eigenvalue weighted by Crippen LogP contribution is -2.12. The number of aromatic nitrogens is 3. The van der Waals surface area contributed by atoms with E-state index in [1.54, 1.807) is 35.4 Å². The highest BCUT2D eigenvalue weighted by Crippen LogP contribution is 2.25. The number of carbonyl (C=O) groups is 1. The zero-order valence-corrected chi connectivity index (χ0v) is 15.1. The van der Waals surface area contributed by atoms with Crippen molar-refractivity contribution < 1.29 is 9.72 Å². The van der Waals surface area contributed by atoms with E-state index < -0.39 is 10.8 Å². The second-order valence-electron chi connectivity index (χ2n) is 6.17. The van der Waals surface area contributed by atoms with Gasteiger partial charge in [-0.15, -0.1) is 0 Å². The first-order valence-electron chi connectivity index (χ1n) is 8.73. The normalized spacial score (nSPS) is 10.5. The van der Waals surface area contributed by atoms with Crippen LogP contribution in [0.25, 0.3) is 16.9 Å². The highest BCUT2D eigenvalue weighted by atomic mass is 16.6. The number of carbonyl (C=O) groups excluding carboxylic acids is 1. The van der Waals surface area contributed by atoms with E-state index in [2.05, 4.69) is 15.4 Å². The van der Waals surface area contributed by atoms with Gasteiger partial charge in [-0.1, -0.05) is 24.3 Å². The van der Waals surface area contributed by atoms with E-state index in [0.29, 0.717) is 22.5 Å². The van der Waals surface area contributed by atoms with Crippen LogP contribution in [-0.2, 0) is 0 Å². The average molecular weight is 385 g/mol. The summed E-state index contributed by atoms with van der Waals surface area (Å²) >= 11 is 0. The summed E-state index contributed by atoms with van der Waals surface area (Å²) in [4.78, 5) is 27.6. The number of nitro groups is 1. The Morgan fingerprint density at radius 2 is 1.86 bits per heavy atom. The number of nitrogens with one attached hydrogen (secondary N) is 1. The molecule has 0 aliphatic rings. The van der Waals surface area contributed by atoms with E-state index >= 15 is 0 Å². The molecule has 0 bridgehead atoms. The van der Waals surface area contributed by atoms with Crippen molar-refractivity contribution in [3.05, 3.63) is 101 Å². The number of anilines is 1. The van der Waals surface area contributed by atoms with Gasteiger partial charge in [-0.3, -0.25) is 19.9 Å². The lowest BCUT2D eigenvalue weighted by Gasteiger charge is -2.05. The molecule has 2 heterocycles. The third-order valence-electron chi connectivity index (χ3n) is 4.23. The van der Waals surface area contributed by atoms with Gasteiger partial charge in [0.1, 0.15) is 5.69 Å². The van der Waals surface area contributed by atoms with E-state index in [9.17, 15) is 14.9 Å². The third-order valence-corrected chi connectivity index (χ3v) is 4.23. The lowest BCUT2D eigenvalue weighted by atomic mass is 10.1. The number of hydrogen-bond acceptors (Lipinski definition) is 5. The number of para-hydroxylation sites is 1. The summed E-state index contributed by atoms with van der Waals surface area (Å²) in [6, 6.07) is 18.8. The first kappa shape index (κ1) is 18.1. The number of rotatable bonds is 5. The van der Waals surface area contributed by atoms with Gasteiger partial charge in [-0.25, -0.2) is 4.68 Å². The number of nitro benzene ring substituents is 1. The number of hydrogen-bond donors (Lipinski definition) is 1. The van der Waals surface area contributed by atoms with E-state index in [4.69, 9.17) is 0 Å². The van der Waals surface area contributed by atoms with Crippen LogP contribution < -0.4 is 5.32 Å². The zero-order valence-electron chi connectivity index (χ0n) is 15.1. The Morgan fingerprint density at radius 3 is 2.59 bits per heavy atom. The molecule has 0 spiro atoms. The molecule has 1 amide bonds. The summed E-state index contributed by atoms with van der Waals surface area (Å²) < 4.78 is 1.62. The van der Waals surface area contributed by atoms with Crippen molar-refractivity contribution >= 4 is 17.3 Å². The van der Waals surface area contributed by atoms with Gasteiger partial charge in [0.05, 0.1) is 16.2 Å². The molecular weight excluding hydrogens is 370 g/mol. The average Bonchev–Trinajstić information content (AvgIpc) is 3.21. The van der Waals surface area contributed by atoms with E-state index in [1.807, 2.05) is 36.4 Å². The van der Waals surface area contributed by atoms with Crippen LogP contribution in [0.4, 0.5) is 11.4 Å². The number of amides is 1. The molecule has 0 radical (unpaired) electrons. The van der Waals surface area contributed by atoms with Gasteiger partial charge in [-0.2, -0.15) is 5.10 Å². The minimum atomic E-state index is -0.510. The van der Waals surface area contributed by atoms with Gasteiger partial charge in [0.15, 0.2) is 0 Å². The van der Waals surface area contributed by atoms with E-state index in [1.165, 1.54) is 18.2 Å². The van der Waals surface area contributed by atoms with Crippen LogP contribution in [0, 0.1) is 10.1 Å². The Morgan fingerprint density at radius 1 is 1.03 bits per heavy atom. The van der Waals surface area contributed by atoms with Crippen molar-refractivity contribution in [2.24, 2.45) is 0 Å². The van der Waals surface area contributed by atoms with Crippen molar-refractivity contribution in [3.8, 4) is 16.9 Å². The maximum Gasteiger partial charge on any atom is 0.271 e. The highest BCUT2D eigenvalue weighted by Gasteiger charge is 2.19. The minimum absolute atomic E-state index is 0.102. The van der Waals surface area contributed by atoms with E-state index in [0.717, 1.165) is 5.69 Å². The van der Waals surface area contributed by atoms with Gasteiger partial charge in [0.25, 0.3) is 11.6 Å². The van der Waals surface area contributed by atoms with Crippen molar-refractivity contribution in [1.82, 2.24) is 14.8 Å². The van der Waals surface area contributed by atoms with Crippen LogP contribution in [0.15, 0.2) is 85.3 Å². The molecule has 2 aromatic heterocycles. The molecule has 4 aromatic rings. The number of pyridine rings is 1.